The van der Waals surface area contributed by atoms with Crippen LogP contribution in [0.2, 0.25) is 0 Å². The summed E-state index contributed by atoms with van der Waals surface area (Å²) in [5, 5.41) is 17.2. The van der Waals surface area contributed by atoms with Crippen LogP contribution >= 0.6 is 11.3 Å². The van der Waals surface area contributed by atoms with Gasteiger partial charge in [-0.3, -0.25) is 4.68 Å². The van der Waals surface area contributed by atoms with Gasteiger partial charge in [-0.15, -0.1) is 0 Å². The summed E-state index contributed by atoms with van der Waals surface area (Å²) in [7, 11) is 0. The van der Waals surface area contributed by atoms with E-state index in [4.69, 9.17) is 5.11 Å². The van der Waals surface area contributed by atoms with Gasteiger partial charge in [-0.25, -0.2) is 4.79 Å². The third kappa shape index (κ3) is 1.86. The van der Waals surface area contributed by atoms with Crippen molar-refractivity contribution in [2.24, 2.45) is 0 Å². The van der Waals surface area contributed by atoms with E-state index in [9.17, 15) is 4.79 Å². The van der Waals surface area contributed by atoms with E-state index in [1.54, 1.807) is 10.9 Å². The standard InChI is InChI=1S/C11H12N2O2S/c1-7(2)13-5-9(11(14)15)10(12-13)8-3-4-16-6-8/h3-7H,1-2H3,(H,14,15). The van der Waals surface area contributed by atoms with Crippen LogP contribution in [-0.2, 0) is 0 Å². The highest BCUT2D eigenvalue weighted by molar-refractivity contribution is 7.08. The van der Waals surface area contributed by atoms with Crippen LogP contribution in [0.25, 0.3) is 11.3 Å². The second-order valence-electron chi connectivity index (χ2n) is 3.78. The first-order valence-corrected chi connectivity index (χ1v) is 5.89. The zero-order valence-corrected chi connectivity index (χ0v) is 9.86. The van der Waals surface area contributed by atoms with Crippen molar-refractivity contribution in [3.05, 3.63) is 28.6 Å². The molecule has 16 heavy (non-hydrogen) atoms. The Hall–Kier alpha value is -1.62. The molecule has 0 atom stereocenters. The molecule has 5 heteroatoms. The molecule has 0 aliphatic rings. The highest BCUT2D eigenvalue weighted by Gasteiger charge is 2.18. The molecule has 1 N–H and O–H groups in total. The van der Waals surface area contributed by atoms with Gasteiger partial charge in [0.15, 0.2) is 0 Å². The smallest absolute Gasteiger partial charge is 0.339 e. The lowest BCUT2D eigenvalue weighted by atomic mass is 10.1. The molecule has 0 spiro atoms. The van der Waals surface area contributed by atoms with Gasteiger partial charge in [0, 0.05) is 23.2 Å². The Labute approximate surface area is 97.2 Å². The second-order valence-corrected chi connectivity index (χ2v) is 4.56. The molecule has 2 heterocycles. The van der Waals surface area contributed by atoms with E-state index in [0.717, 1.165) is 5.56 Å². The molecule has 0 unspecified atom stereocenters. The number of thiophene rings is 1. The molecule has 0 saturated heterocycles. The van der Waals surface area contributed by atoms with Gasteiger partial charge in [0.05, 0.1) is 0 Å². The lowest BCUT2D eigenvalue weighted by molar-refractivity contribution is 0.0697. The van der Waals surface area contributed by atoms with Crippen LogP contribution in [0.3, 0.4) is 0 Å². The third-order valence-corrected chi connectivity index (χ3v) is 2.97. The number of carboxylic acid groups (broad SMARTS) is 1. The Morgan fingerprint density at radius 3 is 2.81 bits per heavy atom. The minimum Gasteiger partial charge on any atom is -0.478 e. The Balaban J connectivity index is 2.55. The zero-order valence-electron chi connectivity index (χ0n) is 9.04. The van der Waals surface area contributed by atoms with Crippen LogP contribution in [0, 0.1) is 0 Å². The molecule has 2 rings (SSSR count). The Bertz CT molecular complexity index is 500. The van der Waals surface area contributed by atoms with Crippen molar-refractivity contribution in [1.29, 1.82) is 0 Å². The summed E-state index contributed by atoms with van der Waals surface area (Å²) < 4.78 is 1.68. The number of carboxylic acids is 1. The Morgan fingerprint density at radius 1 is 1.56 bits per heavy atom. The maximum absolute atomic E-state index is 11.1. The summed E-state index contributed by atoms with van der Waals surface area (Å²) in [5.74, 6) is -0.937. The van der Waals surface area contributed by atoms with Crippen molar-refractivity contribution in [2.45, 2.75) is 19.9 Å². The average Bonchev–Trinajstić information content (AvgIpc) is 2.86. The topological polar surface area (TPSA) is 55.1 Å². The number of nitrogens with zero attached hydrogens (tertiary/aromatic N) is 2. The largest absolute Gasteiger partial charge is 0.478 e. The highest BCUT2D eigenvalue weighted by atomic mass is 32.1. The molecule has 0 aliphatic carbocycles. The molecule has 0 bridgehead atoms. The fourth-order valence-corrected chi connectivity index (χ4v) is 2.07. The Kier molecular flexibility index (Phi) is 2.78. The van der Waals surface area contributed by atoms with Crippen LogP contribution in [0.5, 0.6) is 0 Å². The molecule has 0 aromatic carbocycles. The number of rotatable bonds is 3. The predicted molar refractivity (Wildman–Crippen MR) is 62.9 cm³/mol. The molecule has 2 aromatic heterocycles. The summed E-state index contributed by atoms with van der Waals surface area (Å²) >= 11 is 1.53. The fraction of sp³-hybridized carbons (Fsp3) is 0.273. The number of hydrogen-bond donors (Lipinski definition) is 1. The molecular weight excluding hydrogens is 224 g/mol. The predicted octanol–water partition coefficient (Wildman–Crippen LogP) is 2.89. The molecule has 4 nitrogen and oxygen atoms in total. The van der Waals surface area contributed by atoms with E-state index in [1.807, 2.05) is 30.7 Å². The van der Waals surface area contributed by atoms with Crippen molar-refractivity contribution in [1.82, 2.24) is 9.78 Å². The molecule has 0 aliphatic heterocycles. The molecule has 0 fully saturated rings. The normalized spacial score (nSPS) is 10.9. The molecule has 0 saturated carbocycles. The average molecular weight is 236 g/mol. The highest BCUT2D eigenvalue weighted by Crippen LogP contribution is 2.25. The maximum Gasteiger partial charge on any atom is 0.339 e. The minimum atomic E-state index is -0.937. The van der Waals surface area contributed by atoms with E-state index in [1.165, 1.54) is 11.3 Å². The van der Waals surface area contributed by atoms with E-state index in [0.29, 0.717) is 5.69 Å². The number of aromatic carboxylic acids is 1. The van der Waals surface area contributed by atoms with Gasteiger partial charge in [-0.2, -0.15) is 16.4 Å². The molecule has 0 amide bonds. The number of aromatic nitrogens is 2. The van der Waals surface area contributed by atoms with Gasteiger partial charge in [0.2, 0.25) is 0 Å². The monoisotopic (exact) mass is 236 g/mol. The molecule has 2 aromatic rings. The summed E-state index contributed by atoms with van der Waals surface area (Å²) in [4.78, 5) is 11.1. The van der Waals surface area contributed by atoms with Crippen molar-refractivity contribution in [2.75, 3.05) is 0 Å². The third-order valence-electron chi connectivity index (χ3n) is 2.29. The number of carbonyl (C=O) groups is 1. The van der Waals surface area contributed by atoms with Crippen molar-refractivity contribution in [3.8, 4) is 11.3 Å². The summed E-state index contributed by atoms with van der Waals surface area (Å²) in [6.07, 6.45) is 1.58. The quantitative estimate of drug-likeness (QED) is 0.891. The minimum absolute atomic E-state index is 0.158. The van der Waals surface area contributed by atoms with Gasteiger partial charge in [-0.1, -0.05) is 0 Å². The lowest BCUT2D eigenvalue weighted by Gasteiger charge is -2.02. The zero-order chi connectivity index (χ0) is 11.7. The second kappa shape index (κ2) is 4.09. The molecule has 0 radical (unpaired) electrons. The fourth-order valence-electron chi connectivity index (χ4n) is 1.43. The first-order valence-electron chi connectivity index (χ1n) is 4.94. The van der Waals surface area contributed by atoms with E-state index in [2.05, 4.69) is 5.10 Å². The van der Waals surface area contributed by atoms with Gasteiger partial charge < -0.3 is 5.11 Å². The Morgan fingerprint density at radius 2 is 2.31 bits per heavy atom. The maximum atomic E-state index is 11.1. The van der Waals surface area contributed by atoms with Crippen LogP contribution < -0.4 is 0 Å². The van der Waals surface area contributed by atoms with Crippen molar-refractivity contribution in [3.63, 3.8) is 0 Å². The lowest BCUT2D eigenvalue weighted by Crippen LogP contribution is -2.00. The summed E-state index contributed by atoms with van der Waals surface area (Å²) in [6, 6.07) is 2.04. The van der Waals surface area contributed by atoms with Crippen molar-refractivity contribution >= 4 is 17.3 Å². The number of hydrogen-bond acceptors (Lipinski definition) is 3. The van der Waals surface area contributed by atoms with Crippen LogP contribution in [-0.4, -0.2) is 20.9 Å². The van der Waals surface area contributed by atoms with Gasteiger partial charge >= 0.3 is 5.97 Å². The van der Waals surface area contributed by atoms with Crippen molar-refractivity contribution < 1.29 is 9.90 Å². The molecule has 84 valence electrons. The van der Waals surface area contributed by atoms with Crippen LogP contribution in [0.4, 0.5) is 0 Å². The first-order chi connectivity index (χ1) is 7.59. The summed E-state index contributed by atoms with van der Waals surface area (Å²) in [6.45, 7) is 3.94. The van der Waals surface area contributed by atoms with Crippen LogP contribution in [0.1, 0.15) is 30.2 Å². The summed E-state index contributed by atoms with van der Waals surface area (Å²) in [5.41, 5.74) is 1.66. The van der Waals surface area contributed by atoms with Gasteiger partial charge in [-0.05, 0) is 25.3 Å². The van der Waals surface area contributed by atoms with Gasteiger partial charge in [0.1, 0.15) is 11.3 Å². The van der Waals surface area contributed by atoms with E-state index < -0.39 is 5.97 Å². The van der Waals surface area contributed by atoms with E-state index >= 15 is 0 Å². The van der Waals surface area contributed by atoms with Gasteiger partial charge in [0.25, 0.3) is 0 Å². The van der Waals surface area contributed by atoms with Crippen LogP contribution in [0.15, 0.2) is 23.0 Å². The molecular formula is C11H12N2O2S. The first kappa shape index (κ1) is 10.9. The SMILES string of the molecule is CC(C)n1cc(C(=O)O)c(-c2ccsc2)n1. The van der Waals surface area contributed by atoms with E-state index in [-0.39, 0.29) is 11.6 Å².